The molecule has 0 aliphatic heterocycles. The van der Waals surface area contributed by atoms with Gasteiger partial charge in [0.25, 0.3) is 0 Å². The first-order valence-electron chi connectivity index (χ1n) is 5.85. The van der Waals surface area contributed by atoms with Gasteiger partial charge in [-0.2, -0.15) is 0 Å². The maximum atomic E-state index is 12.1. The fraction of sp³-hybridized carbons (Fsp3) is 0.357. The van der Waals surface area contributed by atoms with E-state index in [9.17, 15) is 4.79 Å². The summed E-state index contributed by atoms with van der Waals surface area (Å²) in [5.41, 5.74) is 9.59. The molecule has 0 bridgehead atoms. The number of hydrogen-bond acceptors (Lipinski definition) is 2. The summed E-state index contributed by atoms with van der Waals surface area (Å²) in [6.45, 7) is 4.43. The van der Waals surface area contributed by atoms with Crippen LogP contribution < -0.4 is 5.73 Å². The van der Waals surface area contributed by atoms with Crippen molar-refractivity contribution in [2.45, 2.75) is 20.3 Å². The standard InChI is InChI=1S/C14H18N2O/c1-9-4-5-12-11(8-9)14(10(2)16(12)3)13(17)6-7-15/h4-5,8H,6-7,15H2,1-3H3. The zero-order chi connectivity index (χ0) is 12.6. The first-order valence-corrected chi connectivity index (χ1v) is 5.85. The summed E-state index contributed by atoms with van der Waals surface area (Å²) in [5.74, 6) is 0.140. The highest BCUT2D eigenvalue weighted by atomic mass is 16.1. The van der Waals surface area contributed by atoms with E-state index in [1.54, 1.807) is 0 Å². The SMILES string of the molecule is Cc1ccc2c(c1)c(C(=O)CCN)c(C)n2C. The quantitative estimate of drug-likeness (QED) is 0.823. The number of carbonyl (C=O) groups excluding carboxylic acids is 1. The summed E-state index contributed by atoms with van der Waals surface area (Å²) in [7, 11) is 1.99. The smallest absolute Gasteiger partial charge is 0.166 e. The van der Waals surface area contributed by atoms with Crippen molar-refractivity contribution in [3.8, 4) is 0 Å². The Morgan fingerprint density at radius 2 is 2.06 bits per heavy atom. The lowest BCUT2D eigenvalue weighted by molar-refractivity contribution is 0.0986. The number of rotatable bonds is 3. The van der Waals surface area contributed by atoms with E-state index in [0.717, 1.165) is 22.2 Å². The van der Waals surface area contributed by atoms with Gasteiger partial charge in [-0.05, 0) is 32.5 Å². The van der Waals surface area contributed by atoms with Crippen molar-refractivity contribution in [1.29, 1.82) is 0 Å². The molecule has 2 aromatic rings. The molecule has 0 fully saturated rings. The first kappa shape index (κ1) is 11.9. The fourth-order valence-electron chi connectivity index (χ4n) is 2.29. The number of aryl methyl sites for hydroxylation is 2. The molecule has 2 rings (SSSR count). The number of carbonyl (C=O) groups is 1. The van der Waals surface area contributed by atoms with E-state index in [1.165, 1.54) is 5.56 Å². The van der Waals surface area contributed by atoms with Crippen LogP contribution in [0.2, 0.25) is 0 Å². The zero-order valence-electron chi connectivity index (χ0n) is 10.6. The zero-order valence-corrected chi connectivity index (χ0v) is 10.6. The average molecular weight is 230 g/mol. The summed E-state index contributed by atoms with van der Waals surface area (Å²) in [6, 6.07) is 6.21. The Kier molecular flexibility index (Phi) is 3.03. The predicted molar refractivity (Wildman–Crippen MR) is 70.4 cm³/mol. The van der Waals surface area contributed by atoms with Crippen LogP contribution in [0.15, 0.2) is 18.2 Å². The van der Waals surface area contributed by atoms with Crippen LogP contribution in [-0.2, 0) is 7.05 Å². The first-order chi connectivity index (χ1) is 8.06. The van der Waals surface area contributed by atoms with Crippen LogP contribution in [0.25, 0.3) is 10.9 Å². The van der Waals surface area contributed by atoms with Gasteiger partial charge in [0.1, 0.15) is 0 Å². The number of ketones is 1. The highest BCUT2D eigenvalue weighted by Crippen LogP contribution is 2.26. The van der Waals surface area contributed by atoms with Crippen LogP contribution in [0.5, 0.6) is 0 Å². The summed E-state index contributed by atoms with van der Waals surface area (Å²) < 4.78 is 2.07. The monoisotopic (exact) mass is 230 g/mol. The molecule has 0 spiro atoms. The molecule has 0 aliphatic carbocycles. The van der Waals surface area contributed by atoms with E-state index in [2.05, 4.69) is 22.8 Å². The number of hydrogen-bond donors (Lipinski definition) is 1. The van der Waals surface area contributed by atoms with Crippen molar-refractivity contribution in [2.24, 2.45) is 12.8 Å². The van der Waals surface area contributed by atoms with Crippen molar-refractivity contribution < 1.29 is 4.79 Å². The minimum absolute atomic E-state index is 0.140. The molecule has 2 N–H and O–H groups in total. The van der Waals surface area contributed by atoms with Crippen LogP contribution in [0.1, 0.15) is 28.0 Å². The summed E-state index contributed by atoms with van der Waals surface area (Å²) in [5, 5.41) is 1.04. The number of nitrogens with two attached hydrogens (primary N) is 1. The number of fused-ring (bicyclic) bond motifs is 1. The van der Waals surface area contributed by atoms with E-state index >= 15 is 0 Å². The molecule has 0 amide bonds. The minimum Gasteiger partial charge on any atom is -0.347 e. The average Bonchev–Trinajstić information content (AvgIpc) is 2.51. The summed E-state index contributed by atoms with van der Waals surface area (Å²) in [6.07, 6.45) is 0.411. The molecule has 0 atom stereocenters. The molecule has 3 heteroatoms. The second-order valence-corrected chi connectivity index (χ2v) is 4.50. The second kappa shape index (κ2) is 4.34. The van der Waals surface area contributed by atoms with Crippen LogP contribution in [-0.4, -0.2) is 16.9 Å². The van der Waals surface area contributed by atoms with Gasteiger partial charge in [-0.15, -0.1) is 0 Å². The van der Waals surface area contributed by atoms with Crippen LogP contribution in [0.3, 0.4) is 0 Å². The van der Waals surface area contributed by atoms with Crippen LogP contribution >= 0.6 is 0 Å². The molecule has 17 heavy (non-hydrogen) atoms. The van der Waals surface area contributed by atoms with Gasteiger partial charge >= 0.3 is 0 Å². The Morgan fingerprint density at radius 1 is 1.35 bits per heavy atom. The molecule has 1 aromatic heterocycles. The van der Waals surface area contributed by atoms with Gasteiger partial charge in [-0.3, -0.25) is 4.79 Å². The van der Waals surface area contributed by atoms with Crippen molar-refractivity contribution in [3.05, 3.63) is 35.0 Å². The predicted octanol–water partition coefficient (Wildman–Crippen LogP) is 2.33. The summed E-state index contributed by atoms with van der Waals surface area (Å²) >= 11 is 0. The Hall–Kier alpha value is -1.61. The van der Waals surface area contributed by atoms with Gasteiger partial charge in [0.2, 0.25) is 0 Å². The lowest BCUT2D eigenvalue weighted by atomic mass is 10.0. The molecular formula is C14H18N2O. The van der Waals surface area contributed by atoms with E-state index in [-0.39, 0.29) is 5.78 Å². The van der Waals surface area contributed by atoms with Gasteiger partial charge in [0.05, 0.1) is 0 Å². The Balaban J connectivity index is 2.72. The van der Waals surface area contributed by atoms with Crippen molar-refractivity contribution in [1.82, 2.24) is 4.57 Å². The highest BCUT2D eigenvalue weighted by molar-refractivity contribution is 6.09. The third-order valence-electron chi connectivity index (χ3n) is 3.30. The van der Waals surface area contributed by atoms with Gasteiger partial charge < -0.3 is 10.3 Å². The topological polar surface area (TPSA) is 48.0 Å². The number of nitrogens with zero attached hydrogens (tertiary/aromatic N) is 1. The second-order valence-electron chi connectivity index (χ2n) is 4.50. The van der Waals surface area contributed by atoms with Crippen LogP contribution in [0, 0.1) is 13.8 Å². The molecule has 0 radical (unpaired) electrons. The molecule has 1 aromatic carbocycles. The lowest BCUT2D eigenvalue weighted by Gasteiger charge is -2.00. The lowest BCUT2D eigenvalue weighted by Crippen LogP contribution is -2.09. The normalized spacial score (nSPS) is 11.1. The van der Waals surface area contributed by atoms with Crippen molar-refractivity contribution in [3.63, 3.8) is 0 Å². The molecule has 90 valence electrons. The third-order valence-corrected chi connectivity index (χ3v) is 3.30. The van der Waals surface area contributed by atoms with E-state index in [1.807, 2.05) is 20.9 Å². The number of benzene rings is 1. The van der Waals surface area contributed by atoms with E-state index in [0.29, 0.717) is 13.0 Å². The van der Waals surface area contributed by atoms with Gasteiger partial charge in [-0.1, -0.05) is 11.6 Å². The van der Waals surface area contributed by atoms with Crippen molar-refractivity contribution in [2.75, 3.05) is 6.54 Å². The molecule has 0 aliphatic rings. The Bertz CT molecular complexity index is 581. The molecule has 0 saturated heterocycles. The fourth-order valence-corrected chi connectivity index (χ4v) is 2.29. The minimum atomic E-state index is 0.140. The van der Waals surface area contributed by atoms with Gasteiger partial charge in [0, 0.05) is 35.6 Å². The molecule has 3 nitrogen and oxygen atoms in total. The van der Waals surface area contributed by atoms with Gasteiger partial charge in [-0.25, -0.2) is 0 Å². The Labute approximate surface area is 101 Å². The third kappa shape index (κ3) is 1.87. The van der Waals surface area contributed by atoms with E-state index < -0.39 is 0 Å². The molecule has 0 unspecified atom stereocenters. The maximum Gasteiger partial charge on any atom is 0.166 e. The Morgan fingerprint density at radius 3 is 2.71 bits per heavy atom. The molecule has 1 heterocycles. The van der Waals surface area contributed by atoms with Crippen molar-refractivity contribution >= 4 is 16.7 Å². The maximum absolute atomic E-state index is 12.1. The number of Topliss-reactive ketones (excluding diaryl/α,β-unsaturated/α-hetero) is 1. The largest absolute Gasteiger partial charge is 0.347 e. The molecule has 0 saturated carbocycles. The van der Waals surface area contributed by atoms with Gasteiger partial charge in [0.15, 0.2) is 5.78 Å². The van der Waals surface area contributed by atoms with E-state index in [4.69, 9.17) is 5.73 Å². The number of aromatic nitrogens is 1. The van der Waals surface area contributed by atoms with Crippen LogP contribution in [0.4, 0.5) is 0 Å². The molecular weight excluding hydrogens is 212 g/mol. The summed E-state index contributed by atoms with van der Waals surface area (Å²) in [4.78, 5) is 12.1. The highest BCUT2D eigenvalue weighted by Gasteiger charge is 2.17.